The number of benzene rings is 2. The van der Waals surface area contributed by atoms with Crippen LogP contribution in [0.2, 0.25) is 0 Å². The number of hydrogen-bond donors (Lipinski definition) is 1. The van der Waals surface area contributed by atoms with Crippen LogP contribution in [0.15, 0.2) is 36.5 Å². The van der Waals surface area contributed by atoms with E-state index in [1.807, 2.05) is 31.2 Å². The summed E-state index contributed by atoms with van der Waals surface area (Å²) in [7, 11) is 0. The summed E-state index contributed by atoms with van der Waals surface area (Å²) in [5.41, 5.74) is 1.02. The minimum Gasteiger partial charge on any atom is -0.461 e. The molecule has 2 atom stereocenters. The topological polar surface area (TPSA) is 122 Å². The van der Waals surface area contributed by atoms with E-state index in [9.17, 15) is 9.00 Å². The molecule has 4 saturated heterocycles. The average Bonchev–Trinajstić information content (AvgIpc) is 3.91. The summed E-state index contributed by atoms with van der Waals surface area (Å²) in [6.07, 6.45) is 10.1. The van der Waals surface area contributed by atoms with Gasteiger partial charge in [-0.25, -0.2) is 9.18 Å². The molecule has 1 amide bonds. The highest BCUT2D eigenvalue weighted by molar-refractivity contribution is 7.78. The molecule has 10 rings (SSSR count). The third-order valence-corrected chi connectivity index (χ3v) is 13.0. The van der Waals surface area contributed by atoms with Crippen LogP contribution in [-0.4, -0.2) is 98.0 Å². The Hall–Kier alpha value is -4.14. The van der Waals surface area contributed by atoms with Gasteiger partial charge in [-0.2, -0.15) is 18.5 Å². The molecular formula is C39H46FN7O5S. The first-order valence-electron chi connectivity index (χ1n) is 19.1. The number of carbonyl (C=O) groups excluding carboxylic acids is 1. The normalized spacial score (nSPS) is 24.0. The molecule has 12 nitrogen and oxygen atoms in total. The molecule has 6 aliphatic heterocycles. The van der Waals surface area contributed by atoms with Crippen molar-refractivity contribution in [2.75, 3.05) is 57.4 Å². The van der Waals surface area contributed by atoms with Crippen LogP contribution in [0.25, 0.3) is 32.9 Å². The van der Waals surface area contributed by atoms with Gasteiger partial charge < -0.3 is 23.9 Å². The zero-order valence-electron chi connectivity index (χ0n) is 30.2. The maximum absolute atomic E-state index is 17.4. The van der Waals surface area contributed by atoms with Crippen molar-refractivity contribution in [3.05, 3.63) is 47.9 Å². The largest absolute Gasteiger partial charge is 0.461 e. The van der Waals surface area contributed by atoms with Crippen molar-refractivity contribution in [2.45, 2.75) is 82.2 Å². The lowest BCUT2D eigenvalue weighted by atomic mass is 9.91. The number of nitrogens with one attached hydrogen (secondary N) is 1. The molecule has 0 radical (unpaired) electrons. The molecule has 1 N–H and O–H groups in total. The molecule has 2 unspecified atom stereocenters. The molecule has 0 spiro atoms. The summed E-state index contributed by atoms with van der Waals surface area (Å²) in [4.78, 5) is 32.2. The monoisotopic (exact) mass is 743 g/mol. The van der Waals surface area contributed by atoms with E-state index in [1.165, 1.54) is 0 Å². The summed E-state index contributed by atoms with van der Waals surface area (Å²) in [5, 5.41) is 5.17. The van der Waals surface area contributed by atoms with E-state index in [2.05, 4.69) is 15.1 Å². The van der Waals surface area contributed by atoms with Gasteiger partial charge in [0.1, 0.15) is 29.4 Å². The van der Waals surface area contributed by atoms with Gasteiger partial charge in [-0.05, 0) is 113 Å². The van der Waals surface area contributed by atoms with Crippen molar-refractivity contribution >= 4 is 44.9 Å². The molecule has 0 saturated carbocycles. The Labute approximate surface area is 311 Å². The summed E-state index contributed by atoms with van der Waals surface area (Å²) in [5.74, 6) is 0.287. The first kappa shape index (κ1) is 34.6. The summed E-state index contributed by atoms with van der Waals surface area (Å²) in [6, 6.07) is 9.58. The third kappa shape index (κ3) is 6.56. The van der Waals surface area contributed by atoms with Crippen molar-refractivity contribution in [3.8, 4) is 23.0 Å². The molecule has 0 aliphatic carbocycles. The van der Waals surface area contributed by atoms with E-state index in [-0.39, 0.29) is 29.4 Å². The van der Waals surface area contributed by atoms with E-state index in [0.717, 1.165) is 80.8 Å². The maximum atomic E-state index is 17.4. The number of aryl methyl sites for hydroxylation is 1. The number of alkyl carbamates (subject to hydrolysis) is 1. The molecule has 8 heterocycles. The Morgan fingerprint density at radius 1 is 1.00 bits per heavy atom. The van der Waals surface area contributed by atoms with Crippen LogP contribution in [0.1, 0.15) is 70.3 Å². The number of amides is 1. The predicted octanol–water partition coefficient (Wildman–Crippen LogP) is 6.08. The maximum Gasteiger partial charge on any atom is 0.407 e. The van der Waals surface area contributed by atoms with Crippen molar-refractivity contribution in [2.24, 2.45) is 0 Å². The Balaban J connectivity index is 1.20. The SMILES string of the molecule is CC12CCCN(C1)c1nc(OCC34CCCN3CCC4)nc3c(F)c(ncc13)-c1cc(OS(=O)N3CCCC3)cc3cccc(c13)CCCOC(=O)N2. The Kier molecular flexibility index (Phi) is 9.10. The minimum absolute atomic E-state index is 0.0500. The average molecular weight is 744 g/mol. The zero-order chi connectivity index (χ0) is 36.2. The number of aromatic nitrogens is 3. The third-order valence-electron chi connectivity index (χ3n) is 11.9. The van der Waals surface area contributed by atoms with Crippen LogP contribution < -0.4 is 19.1 Å². The van der Waals surface area contributed by atoms with Crippen molar-refractivity contribution in [1.82, 2.24) is 29.5 Å². The standard InChI is InChI=1S/C39H46FN7O5S/c1-38-12-6-15-45(24-38)35-30-23-41-33(32(40)34(30)42-36(43-35)51-25-39-13-7-16-46(39)17-8-14-39)29-22-28(52-53(49)47-18-2-3-19-47)21-27-10-4-9-26(31(27)29)11-5-20-50-37(48)44-38/h4,9-10,21-23H,2-3,5-8,11-20,24-25H2,1H3,(H,44,48). The fourth-order valence-electron chi connectivity index (χ4n) is 9.30. The van der Waals surface area contributed by atoms with Crippen LogP contribution in [0.3, 0.4) is 0 Å². The van der Waals surface area contributed by atoms with Crippen molar-refractivity contribution < 1.29 is 27.1 Å². The summed E-state index contributed by atoms with van der Waals surface area (Å²) >= 11 is -1.69. The van der Waals surface area contributed by atoms with Crippen LogP contribution in [0.5, 0.6) is 11.8 Å². The van der Waals surface area contributed by atoms with Gasteiger partial charge in [0.15, 0.2) is 5.82 Å². The Bertz CT molecular complexity index is 2090. The fraction of sp³-hybridized carbons (Fsp3) is 0.538. The first-order chi connectivity index (χ1) is 25.8. The van der Waals surface area contributed by atoms with Gasteiger partial charge >= 0.3 is 12.1 Å². The van der Waals surface area contributed by atoms with Crippen LogP contribution >= 0.6 is 0 Å². The van der Waals surface area contributed by atoms with Crippen molar-refractivity contribution in [3.63, 3.8) is 0 Å². The van der Waals surface area contributed by atoms with Crippen molar-refractivity contribution in [1.29, 1.82) is 0 Å². The summed E-state index contributed by atoms with van der Waals surface area (Å²) in [6.45, 7) is 7.26. The second-order valence-corrected chi connectivity index (χ2v) is 16.7. The van der Waals surface area contributed by atoms with E-state index < -0.39 is 28.7 Å². The summed E-state index contributed by atoms with van der Waals surface area (Å²) < 4.78 is 50.7. The molecule has 4 fully saturated rings. The van der Waals surface area contributed by atoms with Gasteiger partial charge in [0.2, 0.25) is 0 Å². The zero-order valence-corrected chi connectivity index (χ0v) is 31.0. The molecule has 280 valence electrons. The molecule has 2 aromatic carbocycles. The van der Waals surface area contributed by atoms with E-state index in [0.29, 0.717) is 68.1 Å². The van der Waals surface area contributed by atoms with Gasteiger partial charge in [0.25, 0.3) is 11.3 Å². The number of rotatable bonds is 6. The number of nitrogens with zero attached hydrogens (tertiary/aromatic N) is 6. The highest BCUT2D eigenvalue weighted by atomic mass is 32.2. The second kappa shape index (κ2) is 13.9. The van der Waals surface area contributed by atoms with Gasteiger partial charge in [-0.15, -0.1) is 0 Å². The highest BCUT2D eigenvalue weighted by Gasteiger charge is 2.45. The van der Waals surface area contributed by atoms with Crippen LogP contribution in [-0.2, 0) is 22.4 Å². The molecule has 4 aromatic rings. The molecule has 53 heavy (non-hydrogen) atoms. The van der Waals surface area contributed by atoms with Crippen LogP contribution in [0, 0.1) is 5.82 Å². The van der Waals surface area contributed by atoms with E-state index in [1.54, 1.807) is 16.6 Å². The molecule has 2 aromatic heterocycles. The fourth-order valence-corrected chi connectivity index (χ4v) is 10.2. The quantitative estimate of drug-likeness (QED) is 0.249. The molecule has 6 aliphatic rings. The minimum atomic E-state index is -1.69. The second-order valence-electron chi connectivity index (χ2n) is 15.6. The number of hydrogen-bond acceptors (Lipinski definition) is 10. The predicted molar refractivity (Wildman–Crippen MR) is 201 cm³/mol. The number of halogens is 1. The van der Waals surface area contributed by atoms with E-state index >= 15 is 4.39 Å². The Morgan fingerprint density at radius 2 is 1.81 bits per heavy atom. The number of carbonyl (C=O) groups is 1. The van der Waals surface area contributed by atoms with Crippen LogP contribution in [0.4, 0.5) is 15.0 Å². The van der Waals surface area contributed by atoms with Gasteiger partial charge in [-0.3, -0.25) is 9.88 Å². The smallest absolute Gasteiger partial charge is 0.407 e. The number of piperidine rings is 1. The van der Waals surface area contributed by atoms with E-state index in [4.69, 9.17) is 28.6 Å². The number of ether oxygens (including phenoxy) is 2. The molecular weight excluding hydrogens is 698 g/mol. The lowest BCUT2D eigenvalue weighted by molar-refractivity contribution is 0.107. The van der Waals surface area contributed by atoms with Gasteiger partial charge in [-0.1, -0.05) is 18.2 Å². The lowest BCUT2D eigenvalue weighted by Crippen LogP contribution is -2.57. The molecule has 6 bridgehead atoms. The van der Waals surface area contributed by atoms with Gasteiger partial charge in [0, 0.05) is 37.9 Å². The highest BCUT2D eigenvalue weighted by Crippen LogP contribution is 2.42. The first-order valence-corrected chi connectivity index (χ1v) is 20.2. The molecule has 14 heteroatoms. The Morgan fingerprint density at radius 3 is 2.64 bits per heavy atom. The number of pyridine rings is 1. The van der Waals surface area contributed by atoms with Gasteiger partial charge in [0.05, 0.1) is 23.1 Å². The lowest BCUT2D eigenvalue weighted by Gasteiger charge is -2.41. The number of fused-ring (bicyclic) bond motifs is 7. The number of anilines is 1.